The number of nitrogens with one attached hydrogen (secondary N) is 1. The van der Waals surface area contributed by atoms with Crippen LogP contribution in [0.25, 0.3) is 0 Å². The average molecular weight is 337 g/mol. The van der Waals surface area contributed by atoms with E-state index in [-0.39, 0.29) is 30.9 Å². The predicted molar refractivity (Wildman–Crippen MR) is 93.0 cm³/mol. The van der Waals surface area contributed by atoms with Crippen LogP contribution in [0.3, 0.4) is 0 Å². The number of para-hydroxylation sites is 1. The van der Waals surface area contributed by atoms with Crippen LogP contribution in [0.5, 0.6) is 5.75 Å². The van der Waals surface area contributed by atoms with Gasteiger partial charge >= 0.3 is 5.97 Å². The fourth-order valence-corrected chi connectivity index (χ4v) is 1.89. The summed E-state index contributed by atoms with van der Waals surface area (Å²) < 4.78 is 11.5. The Morgan fingerprint density at radius 2 is 1.83 bits per heavy atom. The van der Waals surface area contributed by atoms with Crippen molar-refractivity contribution in [2.24, 2.45) is 0 Å². The first-order chi connectivity index (χ1) is 11.2. The molecule has 1 amide bonds. The van der Waals surface area contributed by atoms with Crippen LogP contribution < -0.4 is 10.1 Å². The smallest absolute Gasteiger partial charge is 0.307 e. The van der Waals surface area contributed by atoms with Gasteiger partial charge in [-0.1, -0.05) is 12.1 Å². The number of rotatable bonds is 9. The lowest BCUT2D eigenvalue weighted by atomic mass is 10.2. The Labute approximate surface area is 144 Å². The van der Waals surface area contributed by atoms with Gasteiger partial charge in [0.25, 0.3) is 5.91 Å². The van der Waals surface area contributed by atoms with Crippen LogP contribution in [0, 0.1) is 0 Å². The first kappa shape index (κ1) is 20.0. The zero-order valence-corrected chi connectivity index (χ0v) is 15.3. The lowest BCUT2D eigenvalue weighted by molar-refractivity contribution is -0.870. The zero-order chi connectivity index (χ0) is 18.2. The molecule has 0 radical (unpaired) electrons. The highest BCUT2D eigenvalue weighted by atomic mass is 16.5. The summed E-state index contributed by atoms with van der Waals surface area (Å²) in [6, 6.07) is 7.06. The van der Waals surface area contributed by atoms with Gasteiger partial charge in [-0.2, -0.15) is 0 Å². The molecule has 0 fully saturated rings. The average Bonchev–Trinajstić information content (AvgIpc) is 2.45. The quantitative estimate of drug-likeness (QED) is 0.552. The molecular formula is C18H29N2O4+. The number of hydrogen-bond donors (Lipinski definition) is 1. The van der Waals surface area contributed by atoms with Crippen LogP contribution in [-0.2, 0) is 9.53 Å². The molecule has 134 valence electrons. The van der Waals surface area contributed by atoms with Gasteiger partial charge in [-0.25, -0.2) is 0 Å². The highest BCUT2D eigenvalue weighted by Gasteiger charge is 2.14. The van der Waals surface area contributed by atoms with Crippen molar-refractivity contribution >= 4 is 11.9 Å². The predicted octanol–water partition coefficient (Wildman–Crippen LogP) is 1.84. The Morgan fingerprint density at radius 3 is 2.46 bits per heavy atom. The molecule has 6 heteroatoms. The lowest BCUT2D eigenvalue weighted by Gasteiger charge is -2.23. The number of quaternary nitrogens is 1. The molecule has 0 aliphatic rings. The Bertz CT molecular complexity index is 550. The van der Waals surface area contributed by atoms with E-state index in [2.05, 4.69) is 5.32 Å². The van der Waals surface area contributed by atoms with E-state index in [1.165, 1.54) is 0 Å². The first-order valence-corrected chi connectivity index (χ1v) is 8.19. The Hall–Kier alpha value is -2.08. The molecule has 1 aromatic carbocycles. The number of hydrogen-bond acceptors (Lipinski definition) is 4. The van der Waals surface area contributed by atoms with E-state index in [9.17, 15) is 9.59 Å². The topological polar surface area (TPSA) is 64.6 Å². The highest BCUT2D eigenvalue weighted by Crippen LogP contribution is 2.19. The number of likely N-dealkylation sites (N-methyl/N-ethyl adjacent to an activating group) is 1. The standard InChI is InChI=1S/C18H28N2O4/c1-14(2)24-16-9-7-6-8-15(16)18(22)19-11-10-17(21)23-13-12-20(3,4)5/h6-9,14H,10-13H2,1-5H3/p+1. The Kier molecular flexibility index (Phi) is 7.71. The molecule has 24 heavy (non-hydrogen) atoms. The number of carbonyl (C=O) groups is 2. The van der Waals surface area contributed by atoms with Gasteiger partial charge in [-0.3, -0.25) is 9.59 Å². The fourth-order valence-electron chi connectivity index (χ4n) is 1.89. The minimum atomic E-state index is -0.310. The molecule has 1 aromatic rings. The largest absolute Gasteiger partial charge is 0.490 e. The maximum absolute atomic E-state index is 12.2. The van der Waals surface area contributed by atoms with E-state index in [1.54, 1.807) is 18.2 Å². The maximum Gasteiger partial charge on any atom is 0.307 e. The molecule has 0 spiro atoms. The second kappa shape index (κ2) is 9.27. The fraction of sp³-hybridized carbons (Fsp3) is 0.556. The number of benzene rings is 1. The van der Waals surface area contributed by atoms with Crippen molar-refractivity contribution in [2.45, 2.75) is 26.4 Å². The summed E-state index contributed by atoms with van der Waals surface area (Å²) in [6.45, 7) is 5.17. The van der Waals surface area contributed by atoms with Crippen molar-refractivity contribution < 1.29 is 23.5 Å². The van der Waals surface area contributed by atoms with E-state index in [0.717, 1.165) is 11.0 Å². The monoisotopic (exact) mass is 337 g/mol. The lowest BCUT2D eigenvalue weighted by Crippen LogP contribution is -2.38. The minimum Gasteiger partial charge on any atom is -0.490 e. The van der Waals surface area contributed by atoms with Crippen LogP contribution >= 0.6 is 0 Å². The summed E-state index contributed by atoms with van der Waals surface area (Å²) >= 11 is 0. The molecule has 0 aromatic heterocycles. The molecular weight excluding hydrogens is 308 g/mol. The van der Waals surface area contributed by atoms with E-state index in [1.807, 2.05) is 41.1 Å². The van der Waals surface area contributed by atoms with Crippen LogP contribution in [-0.4, -0.2) is 63.3 Å². The second-order valence-corrected chi connectivity index (χ2v) is 6.90. The summed E-state index contributed by atoms with van der Waals surface area (Å²) in [7, 11) is 6.10. The van der Waals surface area contributed by atoms with E-state index >= 15 is 0 Å². The van der Waals surface area contributed by atoms with Crippen molar-refractivity contribution in [3.8, 4) is 5.75 Å². The summed E-state index contributed by atoms with van der Waals surface area (Å²) in [5, 5.41) is 2.73. The molecule has 0 saturated heterocycles. The number of carbonyl (C=O) groups excluding carboxylic acids is 2. The molecule has 0 saturated carbocycles. The number of nitrogens with zero attached hydrogens (tertiary/aromatic N) is 1. The van der Waals surface area contributed by atoms with Crippen molar-refractivity contribution in [1.82, 2.24) is 5.32 Å². The number of ether oxygens (including phenoxy) is 2. The van der Waals surface area contributed by atoms with Gasteiger partial charge in [-0.15, -0.1) is 0 Å². The minimum absolute atomic E-state index is 0.0184. The molecule has 0 heterocycles. The SMILES string of the molecule is CC(C)Oc1ccccc1C(=O)NCCC(=O)OCC[N+](C)(C)C. The molecule has 0 unspecified atom stereocenters. The third-order valence-corrected chi connectivity index (χ3v) is 3.13. The van der Waals surface area contributed by atoms with Crippen molar-refractivity contribution in [3.63, 3.8) is 0 Å². The zero-order valence-electron chi connectivity index (χ0n) is 15.3. The second-order valence-electron chi connectivity index (χ2n) is 6.90. The molecule has 0 bridgehead atoms. The van der Waals surface area contributed by atoms with Crippen LogP contribution in [0.4, 0.5) is 0 Å². The molecule has 0 aliphatic carbocycles. The van der Waals surface area contributed by atoms with Gasteiger partial charge in [-0.05, 0) is 26.0 Å². The Morgan fingerprint density at radius 1 is 1.17 bits per heavy atom. The summed E-state index contributed by atoms with van der Waals surface area (Å²) in [6.07, 6.45) is 0.131. The van der Waals surface area contributed by atoms with Gasteiger partial charge < -0.3 is 19.3 Å². The number of esters is 1. The first-order valence-electron chi connectivity index (χ1n) is 8.19. The molecule has 1 rings (SSSR count). The van der Waals surface area contributed by atoms with Crippen LogP contribution in [0.2, 0.25) is 0 Å². The number of amides is 1. The third kappa shape index (κ3) is 7.97. The molecule has 1 N–H and O–H groups in total. The van der Waals surface area contributed by atoms with Gasteiger partial charge in [0.15, 0.2) is 0 Å². The van der Waals surface area contributed by atoms with Gasteiger partial charge in [0.05, 0.1) is 39.2 Å². The van der Waals surface area contributed by atoms with E-state index in [0.29, 0.717) is 17.9 Å². The molecule has 6 nitrogen and oxygen atoms in total. The normalized spacial score (nSPS) is 11.2. The summed E-state index contributed by atoms with van der Waals surface area (Å²) in [5.74, 6) is -0.0311. The summed E-state index contributed by atoms with van der Waals surface area (Å²) in [5.41, 5.74) is 0.463. The van der Waals surface area contributed by atoms with Crippen LogP contribution in [0.1, 0.15) is 30.6 Å². The van der Waals surface area contributed by atoms with Gasteiger partial charge in [0.1, 0.15) is 18.9 Å². The summed E-state index contributed by atoms with van der Waals surface area (Å²) in [4.78, 5) is 23.9. The van der Waals surface area contributed by atoms with Crippen molar-refractivity contribution in [1.29, 1.82) is 0 Å². The van der Waals surface area contributed by atoms with E-state index in [4.69, 9.17) is 9.47 Å². The van der Waals surface area contributed by atoms with Crippen molar-refractivity contribution in [3.05, 3.63) is 29.8 Å². The van der Waals surface area contributed by atoms with Crippen molar-refractivity contribution in [2.75, 3.05) is 40.8 Å². The third-order valence-electron chi connectivity index (χ3n) is 3.13. The van der Waals surface area contributed by atoms with Gasteiger partial charge in [0, 0.05) is 6.54 Å². The van der Waals surface area contributed by atoms with Crippen LogP contribution in [0.15, 0.2) is 24.3 Å². The molecule has 0 aliphatic heterocycles. The van der Waals surface area contributed by atoms with E-state index < -0.39 is 0 Å². The maximum atomic E-state index is 12.2. The molecule has 0 atom stereocenters. The Balaban J connectivity index is 2.40. The van der Waals surface area contributed by atoms with Gasteiger partial charge in [0.2, 0.25) is 0 Å². The highest BCUT2D eigenvalue weighted by molar-refractivity contribution is 5.97.